The van der Waals surface area contributed by atoms with Crippen LogP contribution >= 0.6 is 11.8 Å². The van der Waals surface area contributed by atoms with Gasteiger partial charge >= 0.3 is 0 Å². The molecule has 3 heterocycles. The molecule has 0 fully saturated rings. The van der Waals surface area contributed by atoms with E-state index in [0.717, 1.165) is 39.4 Å². The van der Waals surface area contributed by atoms with E-state index >= 15 is 0 Å². The molecule has 0 aliphatic heterocycles. The van der Waals surface area contributed by atoms with Crippen LogP contribution in [0.1, 0.15) is 11.4 Å². The Hall–Kier alpha value is -2.93. The van der Waals surface area contributed by atoms with E-state index in [-0.39, 0.29) is 0 Å². The van der Waals surface area contributed by atoms with Gasteiger partial charge in [0, 0.05) is 37.4 Å². The highest BCUT2D eigenvalue weighted by Crippen LogP contribution is 2.30. The first-order chi connectivity index (χ1) is 12.7. The van der Waals surface area contributed by atoms with Gasteiger partial charge in [0.1, 0.15) is 5.82 Å². The molecule has 26 heavy (non-hydrogen) atoms. The van der Waals surface area contributed by atoms with Crippen LogP contribution in [0.15, 0.2) is 66.3 Å². The fourth-order valence-corrected chi connectivity index (χ4v) is 3.69. The Morgan fingerprint density at radius 1 is 1.04 bits per heavy atom. The van der Waals surface area contributed by atoms with Gasteiger partial charge in [0.05, 0.1) is 11.4 Å². The molecule has 3 aromatic heterocycles. The summed E-state index contributed by atoms with van der Waals surface area (Å²) >= 11 is 1.62. The Bertz CT molecular complexity index is 1020. The van der Waals surface area contributed by atoms with Gasteiger partial charge < -0.3 is 4.57 Å². The van der Waals surface area contributed by atoms with Crippen LogP contribution in [-0.2, 0) is 12.8 Å². The average molecular weight is 362 g/mol. The summed E-state index contributed by atoms with van der Waals surface area (Å²) in [4.78, 5) is 8.61. The number of rotatable bonds is 5. The van der Waals surface area contributed by atoms with Crippen LogP contribution in [-0.4, -0.2) is 29.3 Å². The van der Waals surface area contributed by atoms with Gasteiger partial charge in [0.2, 0.25) is 0 Å². The molecule has 0 spiro atoms. The predicted molar refractivity (Wildman–Crippen MR) is 102 cm³/mol. The summed E-state index contributed by atoms with van der Waals surface area (Å²) in [6, 6.07) is 12.2. The normalized spacial score (nSPS) is 11.0. The standard InChI is InChI=1S/C19H18N6S/c1-14-6-3-4-8-16(14)25-18(15-7-5-9-20-12-15)22-23-19(25)26-13-17-21-10-11-24(17)2/h3-12H,13H2,1-2H3. The molecule has 0 bridgehead atoms. The van der Waals surface area contributed by atoms with Crippen molar-refractivity contribution >= 4 is 11.8 Å². The van der Waals surface area contributed by atoms with E-state index in [9.17, 15) is 0 Å². The van der Waals surface area contributed by atoms with Crippen LogP contribution in [0.3, 0.4) is 0 Å². The first-order valence-electron chi connectivity index (χ1n) is 8.25. The van der Waals surface area contributed by atoms with Gasteiger partial charge in [0.15, 0.2) is 11.0 Å². The number of aryl methyl sites for hydroxylation is 2. The highest BCUT2D eigenvalue weighted by Gasteiger charge is 2.18. The smallest absolute Gasteiger partial charge is 0.196 e. The molecule has 0 unspecified atom stereocenters. The minimum Gasteiger partial charge on any atom is -0.337 e. The van der Waals surface area contributed by atoms with Gasteiger partial charge in [0.25, 0.3) is 0 Å². The lowest BCUT2D eigenvalue weighted by Crippen LogP contribution is -2.02. The second kappa shape index (κ2) is 7.13. The van der Waals surface area contributed by atoms with Crippen LogP contribution in [0.2, 0.25) is 0 Å². The summed E-state index contributed by atoms with van der Waals surface area (Å²) in [5, 5.41) is 9.74. The van der Waals surface area contributed by atoms with Crippen LogP contribution in [0.25, 0.3) is 17.1 Å². The summed E-state index contributed by atoms with van der Waals surface area (Å²) in [6.07, 6.45) is 7.33. The summed E-state index contributed by atoms with van der Waals surface area (Å²) in [6.45, 7) is 2.09. The number of imidazole rings is 1. The monoisotopic (exact) mass is 362 g/mol. The molecular weight excluding hydrogens is 344 g/mol. The van der Waals surface area contributed by atoms with Crippen molar-refractivity contribution in [3.8, 4) is 17.1 Å². The van der Waals surface area contributed by atoms with Crippen LogP contribution in [0.4, 0.5) is 0 Å². The molecule has 6 nitrogen and oxygen atoms in total. The maximum Gasteiger partial charge on any atom is 0.196 e. The van der Waals surface area contributed by atoms with Crippen molar-refractivity contribution in [2.45, 2.75) is 17.8 Å². The quantitative estimate of drug-likeness (QED) is 0.507. The molecule has 0 aliphatic rings. The van der Waals surface area contributed by atoms with Crippen molar-refractivity contribution in [1.29, 1.82) is 0 Å². The van der Waals surface area contributed by atoms with Gasteiger partial charge in [-0.3, -0.25) is 9.55 Å². The molecule has 0 radical (unpaired) electrons. The Morgan fingerprint density at radius 3 is 2.65 bits per heavy atom. The summed E-state index contributed by atoms with van der Waals surface area (Å²) in [5.74, 6) is 2.51. The van der Waals surface area contributed by atoms with E-state index in [0.29, 0.717) is 0 Å². The molecular formula is C19H18N6S. The number of nitrogens with zero attached hydrogens (tertiary/aromatic N) is 6. The third-order valence-electron chi connectivity index (χ3n) is 4.16. The molecule has 0 amide bonds. The van der Waals surface area contributed by atoms with Gasteiger partial charge in [-0.15, -0.1) is 10.2 Å². The maximum atomic E-state index is 4.45. The molecule has 1 aromatic carbocycles. The summed E-state index contributed by atoms with van der Waals surface area (Å²) < 4.78 is 4.11. The Balaban J connectivity index is 1.78. The Kier molecular flexibility index (Phi) is 4.53. The number of benzene rings is 1. The molecule has 130 valence electrons. The number of hydrogen-bond donors (Lipinski definition) is 0. The van der Waals surface area contributed by atoms with E-state index in [1.54, 1.807) is 18.0 Å². The van der Waals surface area contributed by atoms with Gasteiger partial charge in [-0.05, 0) is 30.7 Å². The first-order valence-corrected chi connectivity index (χ1v) is 9.23. The molecule has 4 aromatic rings. The molecule has 0 saturated carbocycles. The second-order valence-corrected chi connectivity index (χ2v) is 6.86. The minimum absolute atomic E-state index is 0.723. The van der Waals surface area contributed by atoms with Gasteiger partial charge in [-0.2, -0.15) is 0 Å². The summed E-state index contributed by atoms with van der Waals surface area (Å²) in [5.41, 5.74) is 3.17. The lowest BCUT2D eigenvalue weighted by molar-refractivity contribution is 0.840. The zero-order chi connectivity index (χ0) is 17.9. The van der Waals surface area contributed by atoms with Crippen molar-refractivity contribution in [3.05, 3.63) is 72.6 Å². The maximum absolute atomic E-state index is 4.45. The predicted octanol–water partition coefficient (Wildman–Crippen LogP) is 3.66. The first kappa shape index (κ1) is 16.5. The largest absolute Gasteiger partial charge is 0.337 e. The third-order valence-corrected chi connectivity index (χ3v) is 5.09. The number of hydrogen-bond acceptors (Lipinski definition) is 5. The van der Waals surface area contributed by atoms with E-state index in [4.69, 9.17) is 0 Å². The van der Waals surface area contributed by atoms with E-state index < -0.39 is 0 Å². The fourth-order valence-electron chi connectivity index (χ4n) is 2.74. The lowest BCUT2D eigenvalue weighted by atomic mass is 10.2. The van der Waals surface area contributed by atoms with Crippen LogP contribution in [0, 0.1) is 6.92 Å². The molecule has 0 atom stereocenters. The molecule has 0 N–H and O–H groups in total. The SMILES string of the molecule is Cc1ccccc1-n1c(SCc2nccn2C)nnc1-c1cccnc1. The van der Waals surface area contributed by atoms with Crippen molar-refractivity contribution in [2.24, 2.45) is 7.05 Å². The van der Waals surface area contributed by atoms with E-state index in [2.05, 4.69) is 43.8 Å². The Morgan fingerprint density at radius 2 is 1.92 bits per heavy atom. The number of pyridine rings is 1. The minimum atomic E-state index is 0.723. The number of aromatic nitrogens is 6. The van der Waals surface area contributed by atoms with Crippen molar-refractivity contribution in [2.75, 3.05) is 0 Å². The highest BCUT2D eigenvalue weighted by molar-refractivity contribution is 7.98. The fraction of sp³-hybridized carbons (Fsp3) is 0.158. The van der Waals surface area contributed by atoms with Crippen molar-refractivity contribution in [1.82, 2.24) is 29.3 Å². The van der Waals surface area contributed by atoms with Crippen molar-refractivity contribution in [3.63, 3.8) is 0 Å². The van der Waals surface area contributed by atoms with Crippen molar-refractivity contribution < 1.29 is 0 Å². The Labute approximate surface area is 156 Å². The lowest BCUT2D eigenvalue weighted by Gasteiger charge is -2.12. The van der Waals surface area contributed by atoms with Crippen LogP contribution in [0.5, 0.6) is 0 Å². The van der Waals surface area contributed by atoms with Crippen LogP contribution < -0.4 is 0 Å². The average Bonchev–Trinajstić information content (AvgIpc) is 3.27. The zero-order valence-corrected chi connectivity index (χ0v) is 15.4. The second-order valence-electron chi connectivity index (χ2n) is 5.91. The zero-order valence-electron chi connectivity index (χ0n) is 14.6. The number of para-hydroxylation sites is 1. The topological polar surface area (TPSA) is 61.4 Å². The molecule has 7 heteroatoms. The summed E-state index contributed by atoms with van der Waals surface area (Å²) in [7, 11) is 2.00. The van der Waals surface area contributed by atoms with Gasteiger partial charge in [-0.25, -0.2) is 4.98 Å². The van der Waals surface area contributed by atoms with E-state index in [1.807, 2.05) is 54.5 Å². The molecule has 0 saturated heterocycles. The highest BCUT2D eigenvalue weighted by atomic mass is 32.2. The number of thioether (sulfide) groups is 1. The third kappa shape index (κ3) is 3.13. The molecule has 4 rings (SSSR count). The molecule has 0 aliphatic carbocycles. The van der Waals surface area contributed by atoms with Gasteiger partial charge in [-0.1, -0.05) is 30.0 Å². The van der Waals surface area contributed by atoms with E-state index in [1.165, 1.54) is 0 Å².